The first-order valence-corrected chi connectivity index (χ1v) is 7.80. The summed E-state index contributed by atoms with van der Waals surface area (Å²) in [7, 11) is -0.370. The van der Waals surface area contributed by atoms with E-state index in [1.807, 2.05) is 25.1 Å². The summed E-state index contributed by atoms with van der Waals surface area (Å²) in [6, 6.07) is 11.2. The normalized spacial score (nSPS) is 15.2. The number of hydrogen-bond acceptors (Lipinski definition) is 2. The summed E-state index contributed by atoms with van der Waals surface area (Å²) in [6.45, 7) is 4.82. The number of benzene rings is 1. The molecule has 1 aromatic carbocycles. The Bertz CT molecular complexity index is 318. The maximum atomic E-state index is 5.78. The molecule has 0 saturated heterocycles. The average Bonchev–Trinajstić information content (AvgIpc) is 2.36. The van der Waals surface area contributed by atoms with Gasteiger partial charge in [-0.1, -0.05) is 43.3 Å². The van der Waals surface area contributed by atoms with Crippen molar-refractivity contribution in [3.8, 4) is 0 Å². The SMILES string of the molecule is CCO[Si](/C=C/c1ccccc1)(CC)OC. The van der Waals surface area contributed by atoms with E-state index in [0.29, 0.717) is 6.61 Å². The van der Waals surface area contributed by atoms with Crippen LogP contribution >= 0.6 is 0 Å². The first kappa shape index (κ1) is 13.2. The van der Waals surface area contributed by atoms with Crippen LogP contribution in [0.2, 0.25) is 6.04 Å². The topological polar surface area (TPSA) is 18.5 Å². The Morgan fingerprint density at radius 2 is 1.88 bits per heavy atom. The summed E-state index contributed by atoms with van der Waals surface area (Å²) in [4.78, 5) is 0. The monoisotopic (exact) mass is 236 g/mol. The van der Waals surface area contributed by atoms with E-state index in [2.05, 4.69) is 30.8 Å². The fourth-order valence-corrected chi connectivity index (χ4v) is 3.58. The summed E-state index contributed by atoms with van der Waals surface area (Å²) < 4.78 is 11.4. The van der Waals surface area contributed by atoms with Crippen LogP contribution in [-0.4, -0.2) is 22.3 Å². The molecule has 0 fully saturated rings. The van der Waals surface area contributed by atoms with Crippen LogP contribution in [0.1, 0.15) is 19.4 Å². The highest BCUT2D eigenvalue weighted by molar-refractivity contribution is 6.73. The van der Waals surface area contributed by atoms with E-state index in [1.165, 1.54) is 5.56 Å². The highest BCUT2D eigenvalue weighted by Crippen LogP contribution is 2.16. The summed E-state index contributed by atoms with van der Waals surface area (Å²) in [5, 5.41) is 0. The molecule has 16 heavy (non-hydrogen) atoms. The van der Waals surface area contributed by atoms with Crippen molar-refractivity contribution in [3.63, 3.8) is 0 Å². The average molecular weight is 236 g/mol. The second kappa shape index (κ2) is 6.63. The zero-order valence-corrected chi connectivity index (χ0v) is 11.3. The molecule has 0 heterocycles. The van der Waals surface area contributed by atoms with E-state index in [1.54, 1.807) is 7.11 Å². The molecule has 2 nitrogen and oxygen atoms in total. The van der Waals surface area contributed by atoms with Crippen LogP contribution in [0.25, 0.3) is 6.08 Å². The third-order valence-corrected chi connectivity index (χ3v) is 5.68. The van der Waals surface area contributed by atoms with Gasteiger partial charge < -0.3 is 8.85 Å². The van der Waals surface area contributed by atoms with Crippen molar-refractivity contribution in [2.24, 2.45) is 0 Å². The van der Waals surface area contributed by atoms with Gasteiger partial charge in [0.2, 0.25) is 0 Å². The Morgan fingerprint density at radius 3 is 2.38 bits per heavy atom. The lowest BCUT2D eigenvalue weighted by Crippen LogP contribution is -2.38. The molecular formula is C13H20O2Si. The zero-order valence-electron chi connectivity index (χ0n) is 10.3. The van der Waals surface area contributed by atoms with Crippen molar-refractivity contribution in [2.45, 2.75) is 19.9 Å². The molecule has 1 rings (SSSR count). The van der Waals surface area contributed by atoms with E-state index < -0.39 is 8.56 Å². The minimum absolute atomic E-state index is 0.701. The lowest BCUT2D eigenvalue weighted by atomic mass is 10.2. The van der Waals surface area contributed by atoms with Crippen molar-refractivity contribution in [2.75, 3.05) is 13.7 Å². The van der Waals surface area contributed by atoms with Gasteiger partial charge >= 0.3 is 8.56 Å². The van der Waals surface area contributed by atoms with Gasteiger partial charge in [-0.25, -0.2) is 0 Å². The van der Waals surface area contributed by atoms with Crippen molar-refractivity contribution in [1.29, 1.82) is 0 Å². The van der Waals surface area contributed by atoms with Gasteiger partial charge in [-0.2, -0.15) is 0 Å². The Balaban J connectivity index is 2.79. The zero-order chi connectivity index (χ0) is 11.9. The summed E-state index contributed by atoms with van der Waals surface area (Å²) >= 11 is 0. The Kier molecular flexibility index (Phi) is 5.45. The lowest BCUT2D eigenvalue weighted by Gasteiger charge is -2.23. The third-order valence-electron chi connectivity index (χ3n) is 2.56. The predicted molar refractivity (Wildman–Crippen MR) is 70.3 cm³/mol. The first-order valence-electron chi connectivity index (χ1n) is 5.69. The van der Waals surface area contributed by atoms with Gasteiger partial charge in [0, 0.05) is 13.7 Å². The van der Waals surface area contributed by atoms with Crippen LogP contribution in [-0.2, 0) is 8.85 Å². The van der Waals surface area contributed by atoms with Gasteiger partial charge in [-0.3, -0.25) is 0 Å². The molecule has 1 atom stereocenters. The smallest absolute Gasteiger partial charge is 0.364 e. The van der Waals surface area contributed by atoms with Crippen LogP contribution in [0.5, 0.6) is 0 Å². The van der Waals surface area contributed by atoms with Gasteiger partial charge in [-0.05, 0) is 24.2 Å². The summed E-state index contributed by atoms with van der Waals surface area (Å²) in [5.74, 6) is 0. The van der Waals surface area contributed by atoms with Crippen molar-refractivity contribution >= 4 is 14.6 Å². The van der Waals surface area contributed by atoms with Crippen LogP contribution < -0.4 is 0 Å². The molecule has 0 saturated carbocycles. The Morgan fingerprint density at radius 1 is 1.19 bits per heavy atom. The molecule has 1 unspecified atom stereocenters. The second-order valence-electron chi connectivity index (χ2n) is 3.55. The molecule has 0 aliphatic heterocycles. The third kappa shape index (κ3) is 3.59. The van der Waals surface area contributed by atoms with Gasteiger partial charge in [0.25, 0.3) is 0 Å². The maximum Gasteiger partial charge on any atom is 0.364 e. The largest absolute Gasteiger partial charge is 0.395 e. The van der Waals surface area contributed by atoms with Crippen molar-refractivity contribution in [1.82, 2.24) is 0 Å². The summed E-state index contributed by atoms with van der Waals surface area (Å²) in [5.41, 5.74) is 3.30. The Hall–Kier alpha value is -0.903. The predicted octanol–water partition coefficient (Wildman–Crippen LogP) is 3.38. The standard InChI is InChI=1S/C13H20O2Si/c1-4-15-16(5-2,14-3)12-11-13-9-7-6-8-10-13/h6-12H,4-5H2,1-3H3/b12-11+. The van der Waals surface area contributed by atoms with E-state index in [4.69, 9.17) is 8.85 Å². The van der Waals surface area contributed by atoms with Gasteiger partial charge in [0.15, 0.2) is 0 Å². The number of hydrogen-bond donors (Lipinski definition) is 0. The molecule has 0 N–H and O–H groups in total. The molecule has 0 bridgehead atoms. The van der Waals surface area contributed by atoms with E-state index >= 15 is 0 Å². The lowest BCUT2D eigenvalue weighted by molar-refractivity contribution is 0.222. The first-order chi connectivity index (χ1) is 7.76. The summed E-state index contributed by atoms with van der Waals surface area (Å²) in [6.07, 6.45) is 2.09. The van der Waals surface area contributed by atoms with E-state index in [9.17, 15) is 0 Å². The fourth-order valence-electron chi connectivity index (χ4n) is 1.57. The van der Waals surface area contributed by atoms with Crippen LogP contribution in [0.4, 0.5) is 0 Å². The Labute approximate surface area is 99.2 Å². The molecule has 0 amide bonds. The molecule has 0 radical (unpaired) electrons. The molecule has 0 spiro atoms. The molecule has 0 aliphatic carbocycles. The van der Waals surface area contributed by atoms with E-state index in [0.717, 1.165) is 6.04 Å². The molecule has 0 aromatic heterocycles. The maximum absolute atomic E-state index is 5.78. The minimum atomic E-state index is -2.11. The quantitative estimate of drug-likeness (QED) is 0.705. The van der Waals surface area contributed by atoms with Gasteiger partial charge in [-0.15, -0.1) is 0 Å². The molecule has 1 aromatic rings. The van der Waals surface area contributed by atoms with Gasteiger partial charge in [0.1, 0.15) is 0 Å². The second-order valence-corrected chi connectivity index (χ2v) is 6.91. The molecule has 0 aliphatic rings. The highest BCUT2D eigenvalue weighted by Gasteiger charge is 2.30. The number of rotatable bonds is 6. The minimum Gasteiger partial charge on any atom is -0.395 e. The molecule has 88 valence electrons. The van der Waals surface area contributed by atoms with Crippen molar-refractivity contribution in [3.05, 3.63) is 41.6 Å². The van der Waals surface area contributed by atoms with Crippen molar-refractivity contribution < 1.29 is 8.85 Å². The van der Waals surface area contributed by atoms with Crippen LogP contribution in [0.15, 0.2) is 36.0 Å². The molecule has 3 heteroatoms. The van der Waals surface area contributed by atoms with E-state index in [-0.39, 0.29) is 0 Å². The molecular weight excluding hydrogens is 216 g/mol. The van der Waals surface area contributed by atoms with Crippen LogP contribution in [0, 0.1) is 0 Å². The van der Waals surface area contributed by atoms with Crippen LogP contribution in [0.3, 0.4) is 0 Å². The van der Waals surface area contributed by atoms with Gasteiger partial charge in [0.05, 0.1) is 0 Å². The highest BCUT2D eigenvalue weighted by atomic mass is 28.4. The fraction of sp³-hybridized carbons (Fsp3) is 0.385.